The second kappa shape index (κ2) is 4.72. The highest BCUT2D eigenvalue weighted by molar-refractivity contribution is 6.31. The van der Waals surface area contributed by atoms with E-state index in [1.165, 1.54) is 18.2 Å². The van der Waals surface area contributed by atoms with Crippen LogP contribution < -0.4 is 0 Å². The molecule has 2 atom stereocenters. The van der Waals surface area contributed by atoms with Crippen molar-refractivity contribution in [1.29, 1.82) is 0 Å². The molecule has 6 heteroatoms. The van der Waals surface area contributed by atoms with Crippen LogP contribution in [0.2, 0.25) is 5.02 Å². The van der Waals surface area contributed by atoms with Crippen LogP contribution in [0.15, 0.2) is 24.3 Å². The van der Waals surface area contributed by atoms with Crippen LogP contribution in [0, 0.1) is 5.92 Å². The summed E-state index contributed by atoms with van der Waals surface area (Å²) in [5.41, 5.74) is -2.41. The molecule has 1 aliphatic carbocycles. The number of carbonyl (C=O) groups is 1. The Bertz CT molecular complexity index is 506. The van der Waals surface area contributed by atoms with Crippen LogP contribution in [0.1, 0.15) is 24.8 Å². The fraction of sp³-hybridized carbons (Fsp3) is 0.462. The van der Waals surface area contributed by atoms with Crippen molar-refractivity contribution >= 4 is 17.6 Å². The number of hydrogen-bond acceptors (Lipinski definition) is 2. The first kappa shape index (κ1) is 14.2. The molecule has 0 amide bonds. The number of alkyl halides is 2. The fourth-order valence-corrected chi connectivity index (χ4v) is 2.87. The van der Waals surface area contributed by atoms with E-state index in [2.05, 4.69) is 0 Å². The summed E-state index contributed by atoms with van der Waals surface area (Å²) in [4.78, 5) is 11.4. The molecule has 0 aliphatic heterocycles. The van der Waals surface area contributed by atoms with Gasteiger partial charge in [0, 0.05) is 29.3 Å². The van der Waals surface area contributed by atoms with E-state index in [9.17, 15) is 23.8 Å². The van der Waals surface area contributed by atoms with Crippen molar-refractivity contribution in [2.45, 2.75) is 30.8 Å². The maximum atomic E-state index is 13.3. The Kier molecular flexibility index (Phi) is 3.53. The van der Waals surface area contributed by atoms with Crippen LogP contribution in [0.5, 0.6) is 0 Å². The smallest absolute Gasteiger partial charge is 0.340 e. The molecule has 1 aliphatic rings. The third-order valence-corrected chi connectivity index (χ3v) is 3.93. The second-order valence-corrected chi connectivity index (χ2v) is 5.25. The molecule has 1 aromatic rings. The molecule has 0 saturated heterocycles. The van der Waals surface area contributed by atoms with E-state index < -0.39 is 36.3 Å². The summed E-state index contributed by atoms with van der Waals surface area (Å²) in [5.74, 6) is -5.54. The maximum Gasteiger partial charge on any atom is 0.340 e. The van der Waals surface area contributed by atoms with E-state index in [4.69, 9.17) is 11.6 Å². The lowest BCUT2D eigenvalue weighted by molar-refractivity contribution is -0.167. The highest BCUT2D eigenvalue weighted by atomic mass is 35.5. The van der Waals surface area contributed by atoms with Crippen LogP contribution >= 0.6 is 11.6 Å². The molecule has 104 valence electrons. The number of carboxylic acids is 1. The number of carboxylic acid groups (broad SMARTS) is 1. The van der Waals surface area contributed by atoms with Crippen LogP contribution in [-0.4, -0.2) is 22.1 Å². The molecule has 2 rings (SSSR count). The van der Waals surface area contributed by atoms with Crippen molar-refractivity contribution in [1.82, 2.24) is 0 Å². The monoisotopic (exact) mass is 290 g/mol. The van der Waals surface area contributed by atoms with Crippen LogP contribution in [0.4, 0.5) is 8.78 Å². The predicted molar refractivity (Wildman–Crippen MR) is 65.3 cm³/mol. The van der Waals surface area contributed by atoms with Crippen molar-refractivity contribution in [3.8, 4) is 0 Å². The SMILES string of the molecule is O=C(O)[C@](O)(c1ccccc1Cl)[C@@H]1CCC(F)(F)C1. The van der Waals surface area contributed by atoms with E-state index in [0.717, 1.165) is 0 Å². The molecule has 0 heterocycles. The Morgan fingerprint density at radius 3 is 2.53 bits per heavy atom. The lowest BCUT2D eigenvalue weighted by Crippen LogP contribution is -2.42. The minimum absolute atomic E-state index is 0.0353. The Morgan fingerprint density at radius 2 is 2.05 bits per heavy atom. The van der Waals surface area contributed by atoms with Crippen molar-refractivity contribution in [2.24, 2.45) is 5.92 Å². The third kappa shape index (κ3) is 2.44. The van der Waals surface area contributed by atoms with Gasteiger partial charge in [0.15, 0.2) is 5.60 Å². The van der Waals surface area contributed by atoms with Gasteiger partial charge in [-0.3, -0.25) is 0 Å². The van der Waals surface area contributed by atoms with Gasteiger partial charge in [0.2, 0.25) is 5.92 Å². The molecule has 1 saturated carbocycles. The van der Waals surface area contributed by atoms with Gasteiger partial charge in [0.1, 0.15) is 0 Å². The van der Waals surface area contributed by atoms with Gasteiger partial charge in [-0.2, -0.15) is 0 Å². The van der Waals surface area contributed by atoms with Crippen molar-refractivity contribution in [2.75, 3.05) is 0 Å². The summed E-state index contributed by atoms with van der Waals surface area (Å²) in [6.07, 6.45) is -1.13. The Morgan fingerprint density at radius 1 is 1.42 bits per heavy atom. The number of halogens is 3. The third-order valence-electron chi connectivity index (χ3n) is 3.60. The summed E-state index contributed by atoms with van der Waals surface area (Å²) in [7, 11) is 0. The summed E-state index contributed by atoms with van der Waals surface area (Å²) in [5, 5.41) is 19.8. The largest absolute Gasteiger partial charge is 0.479 e. The van der Waals surface area contributed by atoms with Gasteiger partial charge in [-0.1, -0.05) is 29.8 Å². The minimum Gasteiger partial charge on any atom is -0.479 e. The summed E-state index contributed by atoms with van der Waals surface area (Å²) in [6, 6.07) is 5.88. The lowest BCUT2D eigenvalue weighted by atomic mass is 9.80. The average molecular weight is 291 g/mol. The second-order valence-electron chi connectivity index (χ2n) is 4.85. The Hall–Kier alpha value is -1.20. The summed E-state index contributed by atoms with van der Waals surface area (Å²) < 4.78 is 26.5. The van der Waals surface area contributed by atoms with Gasteiger partial charge >= 0.3 is 5.97 Å². The van der Waals surface area contributed by atoms with E-state index in [-0.39, 0.29) is 17.0 Å². The zero-order chi connectivity index (χ0) is 14.3. The maximum absolute atomic E-state index is 13.3. The minimum atomic E-state index is -2.94. The zero-order valence-corrected chi connectivity index (χ0v) is 10.7. The topological polar surface area (TPSA) is 57.5 Å². The molecule has 1 fully saturated rings. The highest BCUT2D eigenvalue weighted by Crippen LogP contribution is 2.48. The molecular weight excluding hydrogens is 278 g/mol. The van der Waals surface area contributed by atoms with Crippen LogP contribution in [0.3, 0.4) is 0 Å². The molecule has 2 N–H and O–H groups in total. The van der Waals surface area contributed by atoms with Gasteiger partial charge in [0.05, 0.1) is 0 Å². The number of aliphatic carboxylic acids is 1. The van der Waals surface area contributed by atoms with E-state index in [1.54, 1.807) is 6.07 Å². The number of hydrogen-bond donors (Lipinski definition) is 2. The van der Waals surface area contributed by atoms with E-state index in [1.807, 2.05) is 0 Å². The molecule has 3 nitrogen and oxygen atoms in total. The lowest BCUT2D eigenvalue weighted by Gasteiger charge is -2.30. The van der Waals surface area contributed by atoms with Gasteiger partial charge < -0.3 is 10.2 Å². The molecule has 0 aromatic heterocycles. The van der Waals surface area contributed by atoms with E-state index in [0.29, 0.717) is 0 Å². The highest BCUT2D eigenvalue weighted by Gasteiger charge is 2.54. The quantitative estimate of drug-likeness (QED) is 0.899. The number of benzene rings is 1. The molecule has 0 unspecified atom stereocenters. The molecule has 0 radical (unpaired) electrons. The number of rotatable bonds is 3. The van der Waals surface area contributed by atoms with Crippen molar-refractivity contribution < 1.29 is 23.8 Å². The van der Waals surface area contributed by atoms with Crippen molar-refractivity contribution in [3.63, 3.8) is 0 Å². The number of aliphatic hydroxyl groups is 1. The Labute approximate surface area is 113 Å². The van der Waals surface area contributed by atoms with Crippen LogP contribution in [0.25, 0.3) is 0 Å². The summed E-state index contributed by atoms with van der Waals surface area (Å²) in [6.45, 7) is 0. The standard InChI is InChI=1S/C13H13ClF2O3/c14-10-4-2-1-3-9(10)13(19,11(17)18)8-5-6-12(15,16)7-8/h1-4,8,19H,5-7H2,(H,17,18)/t8-,13-/m1/s1. The fourth-order valence-electron chi connectivity index (χ4n) is 2.59. The van der Waals surface area contributed by atoms with Gasteiger partial charge in [-0.15, -0.1) is 0 Å². The van der Waals surface area contributed by atoms with Gasteiger partial charge in [-0.25, -0.2) is 13.6 Å². The van der Waals surface area contributed by atoms with Gasteiger partial charge in [-0.05, 0) is 12.5 Å². The molecule has 0 spiro atoms. The Balaban J connectivity index is 2.45. The van der Waals surface area contributed by atoms with Gasteiger partial charge in [0.25, 0.3) is 0 Å². The predicted octanol–water partition coefficient (Wildman–Crippen LogP) is 3.05. The zero-order valence-electron chi connectivity index (χ0n) is 9.94. The van der Waals surface area contributed by atoms with Crippen molar-refractivity contribution in [3.05, 3.63) is 34.9 Å². The van der Waals surface area contributed by atoms with Crippen LogP contribution in [-0.2, 0) is 10.4 Å². The molecule has 0 bridgehead atoms. The first-order valence-corrected chi connectivity index (χ1v) is 6.24. The normalized spacial score (nSPS) is 24.9. The first-order chi connectivity index (χ1) is 8.77. The molecule has 19 heavy (non-hydrogen) atoms. The average Bonchev–Trinajstić information content (AvgIpc) is 2.69. The summed E-state index contributed by atoms with van der Waals surface area (Å²) >= 11 is 5.89. The first-order valence-electron chi connectivity index (χ1n) is 5.86. The molecule has 1 aromatic carbocycles. The molecular formula is C13H13ClF2O3. The van der Waals surface area contributed by atoms with E-state index >= 15 is 0 Å².